The first kappa shape index (κ1) is 99.2. The fourth-order valence-corrected chi connectivity index (χ4v) is 20.6. The minimum Gasteiger partial charge on any atom is -0.493 e. The molecule has 6 rings (SSSR count). The molecule has 6 aromatic rings. The van der Waals surface area contributed by atoms with Gasteiger partial charge in [0.05, 0.1) is 26.4 Å². The molecule has 10 heteroatoms. The number of aliphatic hydroxyl groups excluding tert-OH is 2. The molecule has 0 spiro atoms. The van der Waals surface area contributed by atoms with E-state index in [0.717, 1.165) is 135 Å². The van der Waals surface area contributed by atoms with Crippen LogP contribution in [0.4, 0.5) is 0 Å². The number of thiophene rings is 4. The second kappa shape index (κ2) is 69.1. The second-order valence-electron chi connectivity index (χ2n) is 34.1. The summed E-state index contributed by atoms with van der Waals surface area (Å²) in [6.45, 7) is 12.6. The van der Waals surface area contributed by atoms with Crippen molar-refractivity contribution in [2.45, 2.75) is 451 Å². The molecule has 6 nitrogen and oxygen atoms in total. The molecule has 0 aliphatic heterocycles. The molecule has 4 aromatic heterocycles. The molecule has 0 saturated carbocycles. The Kier molecular flexibility index (Phi) is 60.1. The molecule has 0 aliphatic rings. The summed E-state index contributed by atoms with van der Waals surface area (Å²) in [7, 11) is 0. The van der Waals surface area contributed by atoms with Crippen LogP contribution >= 0.6 is 45.3 Å². The molecule has 0 amide bonds. The Morgan fingerprint density at radius 1 is 0.193 bits per heavy atom. The van der Waals surface area contributed by atoms with Crippen molar-refractivity contribution in [2.75, 3.05) is 39.6 Å². The van der Waals surface area contributed by atoms with Crippen molar-refractivity contribution in [2.24, 2.45) is 0 Å². The minimum atomic E-state index is 0.279. The van der Waals surface area contributed by atoms with Gasteiger partial charge in [-0.3, -0.25) is 0 Å². The van der Waals surface area contributed by atoms with Gasteiger partial charge in [0.2, 0.25) is 0 Å². The predicted molar refractivity (Wildman–Crippen MR) is 507 cm³/mol. The lowest BCUT2D eigenvalue weighted by atomic mass is 10.0. The third kappa shape index (κ3) is 45.1. The van der Waals surface area contributed by atoms with E-state index in [4.69, 9.17) is 18.9 Å². The van der Waals surface area contributed by atoms with Gasteiger partial charge in [-0.15, -0.1) is 45.3 Å². The standard InChI is InChI=1S/C104H170O6S4/c1-5-9-13-17-21-25-29-33-37-41-45-49-57-65-81-107-95-87-93(97(85-91(95)99-73-71-89(111-99)69-61-53-55-63-79-105)109-83-67-59-51-47-43-39-35-31-27-23-19-15-11-7-3)101-75-77-103(113-101)104-78-76-102(114-104)94-88-96(108-82-66-58-50-46-42-38-34-30-26-22-18-14-10-6-2)92(100-74-72-90(112-100)70-62-54-56-64-80-106)86-98(94)110-84-68-60-52-48-44-40-36-32-28-24-20-16-12-8-4/h71-78,85-88,105-106H,5-70,79-84H2,1-4H3. The molecule has 646 valence electrons. The van der Waals surface area contributed by atoms with Crippen LogP contribution < -0.4 is 18.9 Å². The number of ether oxygens (including phenoxy) is 4. The van der Waals surface area contributed by atoms with Crippen LogP contribution in [0.1, 0.15) is 448 Å². The summed E-state index contributed by atoms with van der Waals surface area (Å²) >= 11 is 7.59. The number of unbranched alkanes of at least 4 members (excludes halogenated alkanes) is 58. The van der Waals surface area contributed by atoms with Crippen LogP contribution in [-0.4, -0.2) is 49.9 Å². The average Bonchev–Trinajstić information content (AvgIpc) is 1.54. The van der Waals surface area contributed by atoms with E-state index in [-0.39, 0.29) is 13.2 Å². The molecule has 0 bridgehead atoms. The van der Waals surface area contributed by atoms with E-state index in [1.54, 1.807) is 0 Å². The van der Waals surface area contributed by atoms with Gasteiger partial charge in [0.15, 0.2) is 0 Å². The van der Waals surface area contributed by atoms with Gasteiger partial charge in [-0.05, 0) is 137 Å². The highest BCUT2D eigenvalue weighted by Crippen LogP contribution is 2.50. The van der Waals surface area contributed by atoms with Gasteiger partial charge in [-0.2, -0.15) is 0 Å². The molecule has 4 heterocycles. The summed E-state index contributed by atoms with van der Waals surface area (Å²) in [6.07, 6.45) is 85.6. The fraction of sp³-hybridized carbons (Fsp3) is 0.731. The Balaban J connectivity index is 1.25. The quantitative estimate of drug-likeness (QED) is 0.0371. The zero-order chi connectivity index (χ0) is 80.3. The van der Waals surface area contributed by atoms with E-state index >= 15 is 0 Å². The van der Waals surface area contributed by atoms with Gasteiger partial charge in [0.25, 0.3) is 0 Å². The maximum Gasteiger partial charge on any atom is 0.128 e. The van der Waals surface area contributed by atoms with E-state index in [0.29, 0.717) is 26.4 Å². The number of rotatable bonds is 81. The maximum absolute atomic E-state index is 9.50. The monoisotopic (exact) mass is 1640 g/mol. The number of aryl methyl sites for hydroxylation is 2. The third-order valence-electron chi connectivity index (χ3n) is 23.7. The Hall–Kier alpha value is -3.64. The highest BCUT2D eigenvalue weighted by molar-refractivity contribution is 7.25. The minimum absolute atomic E-state index is 0.279. The van der Waals surface area contributed by atoms with E-state index < -0.39 is 0 Å². The fourth-order valence-electron chi connectivity index (χ4n) is 16.4. The second-order valence-corrected chi connectivity index (χ2v) is 38.6. The van der Waals surface area contributed by atoms with Crippen molar-refractivity contribution in [1.82, 2.24) is 0 Å². The van der Waals surface area contributed by atoms with Crippen molar-refractivity contribution in [3.05, 3.63) is 82.6 Å². The van der Waals surface area contributed by atoms with Gasteiger partial charge in [0, 0.05) is 74.5 Å². The molecular weight excluding hydrogens is 1470 g/mol. The van der Waals surface area contributed by atoms with Gasteiger partial charge in [-0.25, -0.2) is 0 Å². The van der Waals surface area contributed by atoms with Crippen LogP contribution in [0.2, 0.25) is 0 Å². The topological polar surface area (TPSA) is 77.4 Å². The van der Waals surface area contributed by atoms with Crippen molar-refractivity contribution in [3.8, 4) is 74.5 Å². The normalized spacial score (nSPS) is 11.7. The molecular formula is C104H170O6S4. The Morgan fingerprint density at radius 2 is 0.368 bits per heavy atom. The SMILES string of the molecule is CCCCCCCCCCCCCCCCOc1cc(-c2ccc(-c3ccc(-c4cc(OCCCCCCCCCCCCCCCC)c(-c5ccc(CCCCCCO)s5)cc4OCCCCCCCCCCCCCCCC)s3)s2)c(OCCCCCCCCCCCCCCCC)cc1-c1ccc(CCCCCCO)s1. The lowest BCUT2D eigenvalue weighted by Gasteiger charge is -2.17. The molecule has 2 aromatic carbocycles. The number of aliphatic hydroxyl groups is 2. The van der Waals surface area contributed by atoms with Crippen molar-refractivity contribution >= 4 is 45.3 Å². The van der Waals surface area contributed by atoms with Gasteiger partial charge in [-0.1, -0.05) is 387 Å². The largest absolute Gasteiger partial charge is 0.493 e. The number of benzene rings is 2. The van der Waals surface area contributed by atoms with E-state index in [2.05, 4.69) is 100 Å². The molecule has 0 radical (unpaired) electrons. The highest BCUT2D eigenvalue weighted by atomic mass is 32.1. The predicted octanol–water partition coefficient (Wildman–Crippen LogP) is 35.9. The summed E-state index contributed by atoms with van der Waals surface area (Å²) in [5, 5.41) is 19.0. The first-order valence-electron chi connectivity index (χ1n) is 49.0. The number of hydrogen-bond donors (Lipinski definition) is 2. The molecule has 2 N–H and O–H groups in total. The summed E-state index contributed by atoms with van der Waals surface area (Å²) < 4.78 is 28.4. The van der Waals surface area contributed by atoms with E-state index in [1.807, 2.05) is 45.3 Å². The highest BCUT2D eigenvalue weighted by Gasteiger charge is 2.23. The maximum atomic E-state index is 9.50. The molecule has 0 aliphatic carbocycles. The summed E-state index contributed by atoms with van der Waals surface area (Å²) in [5.41, 5.74) is 4.56. The summed E-state index contributed by atoms with van der Waals surface area (Å²) in [6, 6.07) is 28.1. The van der Waals surface area contributed by atoms with Gasteiger partial charge >= 0.3 is 0 Å². The molecule has 0 saturated heterocycles. The van der Waals surface area contributed by atoms with Crippen LogP contribution in [0.3, 0.4) is 0 Å². The number of hydrogen-bond acceptors (Lipinski definition) is 10. The summed E-state index contributed by atoms with van der Waals surface area (Å²) in [4.78, 5) is 10.3. The van der Waals surface area contributed by atoms with Crippen molar-refractivity contribution < 1.29 is 29.2 Å². The van der Waals surface area contributed by atoms with Crippen LogP contribution in [0, 0.1) is 0 Å². The Labute approximate surface area is 717 Å². The lowest BCUT2D eigenvalue weighted by molar-refractivity contribution is 0.282. The van der Waals surface area contributed by atoms with Crippen molar-refractivity contribution in [3.63, 3.8) is 0 Å². The van der Waals surface area contributed by atoms with Gasteiger partial charge in [0.1, 0.15) is 23.0 Å². The smallest absolute Gasteiger partial charge is 0.128 e. The average molecular weight is 1640 g/mol. The van der Waals surface area contributed by atoms with Crippen molar-refractivity contribution in [1.29, 1.82) is 0 Å². The van der Waals surface area contributed by atoms with E-state index in [9.17, 15) is 10.2 Å². The van der Waals surface area contributed by atoms with E-state index in [1.165, 1.54) is 373 Å². The van der Waals surface area contributed by atoms with Crippen LogP contribution in [0.5, 0.6) is 23.0 Å². The van der Waals surface area contributed by atoms with Crippen LogP contribution in [0.15, 0.2) is 72.8 Å². The van der Waals surface area contributed by atoms with Crippen LogP contribution in [0.25, 0.3) is 51.5 Å². The zero-order valence-electron chi connectivity index (χ0n) is 74.0. The molecule has 114 heavy (non-hydrogen) atoms. The first-order valence-corrected chi connectivity index (χ1v) is 52.2. The third-order valence-corrected chi connectivity index (χ3v) is 28.5. The van der Waals surface area contributed by atoms with Gasteiger partial charge < -0.3 is 29.2 Å². The summed E-state index contributed by atoms with van der Waals surface area (Å²) in [5.74, 6) is 3.85. The Bertz CT molecular complexity index is 2960. The zero-order valence-corrected chi connectivity index (χ0v) is 77.3. The van der Waals surface area contributed by atoms with Crippen LogP contribution in [-0.2, 0) is 12.8 Å². The Morgan fingerprint density at radius 3 is 0.588 bits per heavy atom. The molecule has 0 atom stereocenters. The molecule has 0 unspecified atom stereocenters. The first-order chi connectivity index (χ1) is 56.5. The lowest BCUT2D eigenvalue weighted by Crippen LogP contribution is -2.02. The molecule has 0 fully saturated rings.